The van der Waals surface area contributed by atoms with Crippen molar-refractivity contribution in [2.75, 3.05) is 19.0 Å². The normalized spacial score (nSPS) is 9.67. The fourth-order valence-electron chi connectivity index (χ4n) is 0.832. The van der Waals surface area contributed by atoms with Gasteiger partial charge in [-0.15, -0.1) is 0 Å². The molecule has 0 amide bonds. The van der Waals surface area contributed by atoms with Crippen molar-refractivity contribution < 1.29 is 10.0 Å². The van der Waals surface area contributed by atoms with E-state index in [2.05, 4.69) is 4.98 Å². The van der Waals surface area contributed by atoms with E-state index >= 15 is 0 Å². The van der Waals surface area contributed by atoms with Crippen molar-refractivity contribution in [1.29, 1.82) is 0 Å². The molecule has 0 unspecified atom stereocenters. The lowest BCUT2D eigenvalue weighted by Crippen LogP contribution is -2.33. The first-order valence-corrected chi connectivity index (χ1v) is 3.61. The van der Waals surface area contributed by atoms with Gasteiger partial charge in [0, 0.05) is 14.1 Å². The minimum atomic E-state index is -1.50. The predicted octanol–water partition coefficient (Wildman–Crippen LogP) is -1.17. The molecule has 0 aliphatic rings. The maximum Gasteiger partial charge on any atom is 0.508 e. The first kappa shape index (κ1) is 9.03. The van der Waals surface area contributed by atoms with Gasteiger partial charge in [0.15, 0.2) is 0 Å². The molecule has 0 aliphatic heterocycles. The Morgan fingerprint density at radius 3 is 2.50 bits per heavy atom. The smallest absolute Gasteiger partial charge is 0.422 e. The van der Waals surface area contributed by atoms with Crippen molar-refractivity contribution in [2.24, 2.45) is 0 Å². The zero-order valence-electron chi connectivity index (χ0n) is 7.10. The maximum absolute atomic E-state index is 8.80. The summed E-state index contributed by atoms with van der Waals surface area (Å²) < 4.78 is 0. The molecule has 12 heavy (non-hydrogen) atoms. The highest BCUT2D eigenvalue weighted by molar-refractivity contribution is 6.57. The average molecular weight is 166 g/mol. The topological polar surface area (TPSA) is 56.6 Å². The second-order valence-electron chi connectivity index (χ2n) is 2.69. The summed E-state index contributed by atoms with van der Waals surface area (Å²) in [5, 5.41) is 17.6. The highest BCUT2D eigenvalue weighted by Crippen LogP contribution is 2.01. The molecule has 2 N–H and O–H groups in total. The number of pyridine rings is 1. The van der Waals surface area contributed by atoms with Gasteiger partial charge in [0.25, 0.3) is 0 Å². The third kappa shape index (κ3) is 1.96. The van der Waals surface area contributed by atoms with Crippen molar-refractivity contribution in [1.82, 2.24) is 4.98 Å². The maximum atomic E-state index is 8.80. The van der Waals surface area contributed by atoms with E-state index in [9.17, 15) is 0 Å². The SMILES string of the molecule is CN(C)c1cccc(B(O)O)n1. The number of rotatable bonds is 2. The molecule has 1 heterocycles. The van der Waals surface area contributed by atoms with Crippen LogP contribution in [0.25, 0.3) is 0 Å². The van der Waals surface area contributed by atoms with Gasteiger partial charge in [0.05, 0.1) is 5.59 Å². The molecule has 64 valence electrons. The van der Waals surface area contributed by atoms with Crippen LogP contribution < -0.4 is 10.5 Å². The van der Waals surface area contributed by atoms with Gasteiger partial charge < -0.3 is 14.9 Å². The van der Waals surface area contributed by atoms with E-state index in [-0.39, 0.29) is 5.59 Å². The predicted molar refractivity (Wildman–Crippen MR) is 48.4 cm³/mol. The molecular weight excluding hydrogens is 155 g/mol. The van der Waals surface area contributed by atoms with E-state index in [0.29, 0.717) is 5.82 Å². The van der Waals surface area contributed by atoms with E-state index < -0.39 is 7.12 Å². The van der Waals surface area contributed by atoms with E-state index in [4.69, 9.17) is 10.0 Å². The number of aromatic nitrogens is 1. The van der Waals surface area contributed by atoms with Gasteiger partial charge in [-0.3, -0.25) is 0 Å². The molecule has 0 spiro atoms. The van der Waals surface area contributed by atoms with Crippen LogP contribution >= 0.6 is 0 Å². The van der Waals surface area contributed by atoms with Crippen LogP contribution in [0.2, 0.25) is 0 Å². The van der Waals surface area contributed by atoms with Gasteiger partial charge in [-0.1, -0.05) is 6.07 Å². The summed E-state index contributed by atoms with van der Waals surface area (Å²) in [4.78, 5) is 5.80. The summed E-state index contributed by atoms with van der Waals surface area (Å²) in [6.07, 6.45) is 0. The minimum absolute atomic E-state index is 0.265. The third-order valence-electron chi connectivity index (χ3n) is 1.48. The van der Waals surface area contributed by atoms with Crippen molar-refractivity contribution >= 4 is 18.5 Å². The molecule has 1 aromatic heterocycles. The first-order chi connectivity index (χ1) is 5.61. The van der Waals surface area contributed by atoms with Crippen LogP contribution in [0.3, 0.4) is 0 Å². The molecule has 0 saturated carbocycles. The largest absolute Gasteiger partial charge is 0.508 e. The van der Waals surface area contributed by atoms with Crippen molar-refractivity contribution in [2.45, 2.75) is 0 Å². The molecule has 0 fully saturated rings. The van der Waals surface area contributed by atoms with Gasteiger partial charge in [0.1, 0.15) is 5.82 Å². The molecule has 0 aromatic carbocycles. The summed E-state index contributed by atoms with van der Waals surface area (Å²) in [5.74, 6) is 0.709. The Kier molecular flexibility index (Phi) is 2.67. The fourth-order valence-corrected chi connectivity index (χ4v) is 0.832. The number of anilines is 1. The van der Waals surface area contributed by atoms with Gasteiger partial charge in [-0.05, 0) is 12.1 Å². The van der Waals surface area contributed by atoms with Crippen LogP contribution in [0.4, 0.5) is 5.82 Å². The summed E-state index contributed by atoms with van der Waals surface area (Å²) in [5.41, 5.74) is 0.265. The third-order valence-corrected chi connectivity index (χ3v) is 1.48. The molecular formula is C7H11BN2O2. The molecule has 4 nitrogen and oxygen atoms in total. The van der Waals surface area contributed by atoms with E-state index in [1.165, 1.54) is 0 Å². The molecule has 0 atom stereocenters. The van der Waals surface area contributed by atoms with Gasteiger partial charge in [0.2, 0.25) is 0 Å². The van der Waals surface area contributed by atoms with Crippen LogP contribution in [0.5, 0.6) is 0 Å². The van der Waals surface area contributed by atoms with Crippen LogP contribution in [0.1, 0.15) is 0 Å². The number of hydrogen-bond acceptors (Lipinski definition) is 4. The van der Waals surface area contributed by atoms with Crippen LogP contribution in [-0.4, -0.2) is 36.2 Å². The van der Waals surface area contributed by atoms with Gasteiger partial charge in [-0.25, -0.2) is 4.98 Å². The summed E-state index contributed by atoms with van der Waals surface area (Å²) in [6, 6.07) is 5.10. The van der Waals surface area contributed by atoms with Crippen LogP contribution in [-0.2, 0) is 0 Å². The monoisotopic (exact) mass is 166 g/mol. The Morgan fingerprint density at radius 1 is 1.33 bits per heavy atom. The van der Waals surface area contributed by atoms with Crippen LogP contribution in [0, 0.1) is 0 Å². The average Bonchev–Trinajstić information content (AvgIpc) is 2.04. The lowest BCUT2D eigenvalue weighted by Gasteiger charge is -2.11. The molecule has 0 bridgehead atoms. The first-order valence-electron chi connectivity index (χ1n) is 3.61. The van der Waals surface area contributed by atoms with Crippen molar-refractivity contribution in [3.63, 3.8) is 0 Å². The van der Waals surface area contributed by atoms with E-state index in [0.717, 1.165) is 0 Å². The number of nitrogens with zero attached hydrogens (tertiary/aromatic N) is 2. The van der Waals surface area contributed by atoms with Gasteiger partial charge >= 0.3 is 7.12 Å². The molecule has 0 saturated heterocycles. The quantitative estimate of drug-likeness (QED) is 0.543. The molecule has 5 heteroatoms. The Balaban J connectivity index is 2.96. The zero-order valence-corrected chi connectivity index (χ0v) is 7.10. The van der Waals surface area contributed by atoms with E-state index in [1.807, 2.05) is 14.1 Å². The summed E-state index contributed by atoms with van der Waals surface area (Å²) >= 11 is 0. The minimum Gasteiger partial charge on any atom is -0.422 e. The Bertz CT molecular complexity index is 242. The lowest BCUT2D eigenvalue weighted by molar-refractivity contribution is 0.424. The summed E-state index contributed by atoms with van der Waals surface area (Å²) in [7, 11) is 2.19. The number of hydrogen-bond donors (Lipinski definition) is 2. The Hall–Kier alpha value is -1.07. The van der Waals surface area contributed by atoms with E-state index in [1.54, 1.807) is 23.1 Å². The molecule has 1 rings (SSSR count). The second-order valence-corrected chi connectivity index (χ2v) is 2.69. The van der Waals surface area contributed by atoms with Crippen molar-refractivity contribution in [3.8, 4) is 0 Å². The van der Waals surface area contributed by atoms with Gasteiger partial charge in [-0.2, -0.15) is 0 Å². The highest BCUT2D eigenvalue weighted by atomic mass is 16.4. The highest BCUT2D eigenvalue weighted by Gasteiger charge is 2.12. The Labute approximate surface area is 71.6 Å². The zero-order chi connectivity index (χ0) is 9.14. The van der Waals surface area contributed by atoms with Crippen LogP contribution in [0.15, 0.2) is 18.2 Å². The Morgan fingerprint density at radius 2 is 2.00 bits per heavy atom. The summed E-state index contributed by atoms with van der Waals surface area (Å²) in [6.45, 7) is 0. The molecule has 1 aromatic rings. The fraction of sp³-hybridized carbons (Fsp3) is 0.286. The standard InChI is InChI=1S/C7H11BN2O2/c1-10(2)7-5-3-4-6(9-7)8(11)12/h3-5,11-12H,1-2H3. The lowest BCUT2D eigenvalue weighted by atomic mass is 9.86. The van der Waals surface area contributed by atoms with Crippen molar-refractivity contribution in [3.05, 3.63) is 18.2 Å². The molecule has 0 radical (unpaired) electrons. The molecule has 0 aliphatic carbocycles. The second kappa shape index (κ2) is 3.56.